The number of nitrogens with zero attached hydrogens (tertiary/aromatic N) is 6. The zero-order chi connectivity index (χ0) is 29.7. The fraction of sp³-hybridized carbons (Fsp3) is 0.357. The lowest BCUT2D eigenvalue weighted by Gasteiger charge is -2.18. The van der Waals surface area contributed by atoms with E-state index in [1.54, 1.807) is 39.4 Å². The molecule has 0 unspecified atom stereocenters. The number of hydrogen-bond acceptors (Lipinski definition) is 7. The molecule has 0 radical (unpaired) electrons. The van der Waals surface area contributed by atoms with Gasteiger partial charge in [0, 0.05) is 37.9 Å². The number of ether oxygens (including phenoxy) is 1. The maximum absolute atomic E-state index is 13.2. The standard InChI is InChI=1S/C28H35N9O4/c1-6-37-22(13-18(3)34-37)26(39)33-27-32-21-14-19(25(29)38)15-23(41-5)24(21)36(27)12-8-11-30-28(40)35(4)16-20-10-7-9-17(2)31-20/h7,9-10,13-15H,6,8,11-12,16H2,1-5H3,(H2,29,38)(H,30,40)(H,32,33,39). The predicted molar refractivity (Wildman–Crippen MR) is 154 cm³/mol. The van der Waals surface area contributed by atoms with Crippen LogP contribution in [0.1, 0.15) is 51.3 Å². The van der Waals surface area contributed by atoms with Crippen LogP contribution in [0.2, 0.25) is 0 Å². The molecule has 41 heavy (non-hydrogen) atoms. The van der Waals surface area contributed by atoms with Gasteiger partial charge in [-0.1, -0.05) is 6.07 Å². The lowest BCUT2D eigenvalue weighted by atomic mass is 10.1. The highest BCUT2D eigenvalue weighted by atomic mass is 16.5. The third-order valence-electron chi connectivity index (χ3n) is 6.50. The van der Waals surface area contributed by atoms with Gasteiger partial charge in [0.1, 0.15) is 17.0 Å². The van der Waals surface area contributed by atoms with Gasteiger partial charge >= 0.3 is 6.03 Å². The van der Waals surface area contributed by atoms with Gasteiger partial charge in [-0.15, -0.1) is 0 Å². The molecule has 0 fully saturated rings. The van der Waals surface area contributed by atoms with E-state index in [-0.39, 0.29) is 23.5 Å². The molecule has 0 spiro atoms. The zero-order valence-corrected chi connectivity index (χ0v) is 23.9. The van der Waals surface area contributed by atoms with Crippen molar-refractivity contribution >= 4 is 34.8 Å². The average Bonchev–Trinajstić information content (AvgIpc) is 3.49. The Bertz CT molecular complexity index is 1590. The molecule has 0 aliphatic rings. The van der Waals surface area contributed by atoms with Gasteiger partial charge in [0.25, 0.3) is 5.91 Å². The summed E-state index contributed by atoms with van der Waals surface area (Å²) in [7, 11) is 3.19. The van der Waals surface area contributed by atoms with E-state index in [0.29, 0.717) is 55.1 Å². The monoisotopic (exact) mass is 561 g/mol. The number of hydrogen-bond donors (Lipinski definition) is 3. The molecule has 0 saturated carbocycles. The van der Waals surface area contributed by atoms with Crippen LogP contribution in [0.3, 0.4) is 0 Å². The Morgan fingerprint density at radius 2 is 1.88 bits per heavy atom. The second-order valence-corrected chi connectivity index (χ2v) is 9.65. The van der Waals surface area contributed by atoms with Crippen molar-refractivity contribution in [3.05, 3.63) is 64.7 Å². The Morgan fingerprint density at radius 3 is 2.56 bits per heavy atom. The third kappa shape index (κ3) is 6.62. The lowest BCUT2D eigenvalue weighted by molar-refractivity contribution is 0.0995. The van der Waals surface area contributed by atoms with E-state index in [4.69, 9.17) is 10.5 Å². The maximum Gasteiger partial charge on any atom is 0.317 e. The van der Waals surface area contributed by atoms with Crippen molar-refractivity contribution < 1.29 is 19.1 Å². The average molecular weight is 562 g/mol. The number of imidazole rings is 1. The van der Waals surface area contributed by atoms with E-state index in [1.807, 2.05) is 39.0 Å². The molecule has 0 atom stereocenters. The quantitative estimate of drug-likeness (QED) is 0.237. The Kier molecular flexibility index (Phi) is 8.85. The van der Waals surface area contributed by atoms with Gasteiger partial charge in [-0.05, 0) is 57.5 Å². The summed E-state index contributed by atoms with van der Waals surface area (Å²) in [6.45, 7) is 7.27. The van der Waals surface area contributed by atoms with Crippen LogP contribution in [0.15, 0.2) is 36.4 Å². The van der Waals surface area contributed by atoms with E-state index in [1.165, 1.54) is 7.11 Å². The number of aromatic nitrogens is 5. The molecule has 4 N–H and O–H groups in total. The number of fused-ring (bicyclic) bond motifs is 1. The van der Waals surface area contributed by atoms with Crippen molar-refractivity contribution in [2.75, 3.05) is 26.0 Å². The minimum absolute atomic E-state index is 0.231. The van der Waals surface area contributed by atoms with Gasteiger partial charge in [0.05, 0.1) is 30.6 Å². The van der Waals surface area contributed by atoms with Crippen LogP contribution < -0.4 is 21.1 Å². The highest BCUT2D eigenvalue weighted by Gasteiger charge is 2.21. The van der Waals surface area contributed by atoms with Crippen LogP contribution in [0.25, 0.3) is 11.0 Å². The van der Waals surface area contributed by atoms with Crippen molar-refractivity contribution in [2.45, 2.75) is 46.8 Å². The second kappa shape index (κ2) is 12.5. The first-order chi connectivity index (χ1) is 19.6. The topological polar surface area (TPSA) is 162 Å². The number of carbonyl (C=O) groups excluding carboxylic acids is 3. The number of benzene rings is 1. The van der Waals surface area contributed by atoms with Crippen LogP contribution in [-0.2, 0) is 19.6 Å². The largest absolute Gasteiger partial charge is 0.494 e. The number of carbonyl (C=O) groups is 3. The van der Waals surface area contributed by atoms with Gasteiger partial charge in [0.2, 0.25) is 11.9 Å². The fourth-order valence-electron chi connectivity index (χ4n) is 4.55. The minimum Gasteiger partial charge on any atom is -0.494 e. The normalized spacial score (nSPS) is 11.0. The number of pyridine rings is 1. The smallest absolute Gasteiger partial charge is 0.317 e. The third-order valence-corrected chi connectivity index (χ3v) is 6.50. The molecule has 4 rings (SSSR count). The first kappa shape index (κ1) is 29.1. The van der Waals surface area contributed by atoms with Gasteiger partial charge in [-0.3, -0.25) is 24.6 Å². The van der Waals surface area contributed by atoms with E-state index < -0.39 is 5.91 Å². The molecule has 0 saturated heterocycles. The predicted octanol–water partition coefficient (Wildman–Crippen LogP) is 2.86. The van der Waals surface area contributed by atoms with Crippen molar-refractivity contribution in [3.63, 3.8) is 0 Å². The Balaban J connectivity index is 1.54. The van der Waals surface area contributed by atoms with E-state index in [9.17, 15) is 14.4 Å². The molecule has 0 aliphatic carbocycles. The Hall–Kier alpha value is -4.94. The fourth-order valence-corrected chi connectivity index (χ4v) is 4.55. The number of methoxy groups -OCH3 is 1. The molecule has 3 heterocycles. The Morgan fingerprint density at radius 1 is 1.10 bits per heavy atom. The number of primary amides is 1. The molecular formula is C28H35N9O4. The minimum atomic E-state index is -0.625. The summed E-state index contributed by atoms with van der Waals surface area (Å²) in [5.74, 6) is -0.355. The second-order valence-electron chi connectivity index (χ2n) is 9.65. The van der Waals surface area contributed by atoms with E-state index in [0.717, 1.165) is 17.1 Å². The highest BCUT2D eigenvalue weighted by molar-refractivity contribution is 6.04. The van der Waals surface area contributed by atoms with Crippen molar-refractivity contribution in [2.24, 2.45) is 5.73 Å². The highest BCUT2D eigenvalue weighted by Crippen LogP contribution is 2.31. The maximum atomic E-state index is 13.2. The summed E-state index contributed by atoms with van der Waals surface area (Å²) in [4.78, 5) is 48.4. The molecule has 13 heteroatoms. The molecule has 0 aliphatic heterocycles. The first-order valence-corrected chi connectivity index (χ1v) is 13.3. The van der Waals surface area contributed by atoms with E-state index >= 15 is 0 Å². The molecular weight excluding hydrogens is 526 g/mol. The number of rotatable bonds is 11. The van der Waals surface area contributed by atoms with Gasteiger partial charge in [-0.2, -0.15) is 5.10 Å². The van der Waals surface area contributed by atoms with Crippen molar-refractivity contribution in [1.29, 1.82) is 0 Å². The molecule has 216 valence electrons. The number of urea groups is 1. The molecule has 4 aromatic rings. The summed E-state index contributed by atoms with van der Waals surface area (Å²) in [5.41, 5.74) is 9.57. The van der Waals surface area contributed by atoms with Crippen LogP contribution in [0.5, 0.6) is 5.75 Å². The molecule has 1 aromatic carbocycles. The Labute approximate surface area is 237 Å². The number of nitrogens with two attached hydrogens (primary N) is 1. The number of amides is 4. The summed E-state index contributed by atoms with van der Waals surface area (Å²) >= 11 is 0. The summed E-state index contributed by atoms with van der Waals surface area (Å²) in [6.07, 6.45) is 0.517. The SMILES string of the molecule is CCn1nc(C)cc1C(=O)Nc1nc2cc(C(N)=O)cc(OC)c2n1CCCNC(=O)N(C)Cc1cccc(C)n1. The molecule has 4 amide bonds. The van der Waals surface area contributed by atoms with Crippen LogP contribution >= 0.6 is 0 Å². The summed E-state index contributed by atoms with van der Waals surface area (Å²) in [6, 6.07) is 10.3. The molecule has 13 nitrogen and oxygen atoms in total. The van der Waals surface area contributed by atoms with Crippen LogP contribution in [0, 0.1) is 13.8 Å². The van der Waals surface area contributed by atoms with Crippen LogP contribution in [-0.4, -0.2) is 67.8 Å². The van der Waals surface area contributed by atoms with Crippen molar-refractivity contribution in [3.8, 4) is 5.75 Å². The summed E-state index contributed by atoms with van der Waals surface area (Å²) in [5, 5.41) is 10.1. The van der Waals surface area contributed by atoms with E-state index in [2.05, 4.69) is 25.7 Å². The first-order valence-electron chi connectivity index (χ1n) is 13.3. The zero-order valence-electron chi connectivity index (χ0n) is 23.9. The molecule has 3 aromatic heterocycles. The van der Waals surface area contributed by atoms with Gasteiger partial charge < -0.3 is 25.3 Å². The number of aryl methyl sites for hydroxylation is 4. The van der Waals surface area contributed by atoms with Gasteiger partial charge in [0.15, 0.2) is 0 Å². The number of anilines is 1. The number of nitrogens with one attached hydrogen (secondary N) is 2. The van der Waals surface area contributed by atoms with Gasteiger partial charge in [-0.25, -0.2) is 9.78 Å². The van der Waals surface area contributed by atoms with Crippen molar-refractivity contribution in [1.82, 2.24) is 34.5 Å². The molecule has 0 bridgehead atoms. The summed E-state index contributed by atoms with van der Waals surface area (Å²) < 4.78 is 8.97. The lowest BCUT2D eigenvalue weighted by Crippen LogP contribution is -2.37. The van der Waals surface area contributed by atoms with Crippen LogP contribution in [0.4, 0.5) is 10.7 Å².